The number of Topliss-reactive ketones (excluding diaryl/α,β-unsaturated/α-hetero) is 1. The van der Waals surface area contributed by atoms with Crippen molar-refractivity contribution in [3.05, 3.63) is 59.7 Å². The summed E-state index contributed by atoms with van der Waals surface area (Å²) in [4.78, 5) is 45.9. The largest absolute Gasteiger partial charge is 0.392 e. The van der Waals surface area contributed by atoms with Gasteiger partial charge in [-0.05, 0) is 54.7 Å². The van der Waals surface area contributed by atoms with Crippen LogP contribution in [0.25, 0.3) is 0 Å². The Balaban J connectivity index is 1.40. The van der Waals surface area contributed by atoms with Crippen LogP contribution in [-0.2, 0) is 25.6 Å². The van der Waals surface area contributed by atoms with Gasteiger partial charge in [-0.2, -0.15) is 0 Å². The summed E-state index contributed by atoms with van der Waals surface area (Å²) in [6, 6.07) is 9.44. The van der Waals surface area contributed by atoms with Gasteiger partial charge in [0.15, 0.2) is 17.2 Å². The van der Waals surface area contributed by atoms with Gasteiger partial charge in [0.1, 0.15) is 6.61 Å². The number of rotatable bonds is 4. The highest BCUT2D eigenvalue weighted by atomic mass is 16.7. The Morgan fingerprint density at radius 1 is 1.10 bits per heavy atom. The zero-order chi connectivity index (χ0) is 28.0. The van der Waals surface area contributed by atoms with Crippen molar-refractivity contribution in [1.82, 2.24) is 5.06 Å². The molecule has 2 N–H and O–H groups in total. The smallest absolute Gasteiger partial charge is 0.250 e. The molecule has 39 heavy (non-hydrogen) atoms. The minimum atomic E-state index is -1.40. The van der Waals surface area contributed by atoms with Gasteiger partial charge in [-0.1, -0.05) is 69.7 Å². The van der Waals surface area contributed by atoms with Crippen LogP contribution in [0.2, 0.25) is 0 Å². The van der Waals surface area contributed by atoms with Crippen molar-refractivity contribution in [2.75, 3.05) is 13.2 Å². The van der Waals surface area contributed by atoms with Gasteiger partial charge >= 0.3 is 0 Å². The van der Waals surface area contributed by atoms with Crippen LogP contribution >= 0.6 is 0 Å². The second kappa shape index (κ2) is 8.45. The van der Waals surface area contributed by atoms with E-state index in [1.165, 1.54) is 5.06 Å². The minimum Gasteiger partial charge on any atom is -0.392 e. The van der Waals surface area contributed by atoms with Gasteiger partial charge in [0.05, 0.1) is 19.1 Å². The first-order chi connectivity index (χ1) is 18.4. The maximum atomic E-state index is 13.8. The van der Waals surface area contributed by atoms with Crippen molar-refractivity contribution in [1.29, 1.82) is 0 Å². The van der Waals surface area contributed by atoms with Crippen molar-refractivity contribution in [2.45, 2.75) is 71.5 Å². The Labute approximate surface area is 229 Å². The van der Waals surface area contributed by atoms with Crippen LogP contribution in [0.15, 0.2) is 54.1 Å². The molecule has 3 saturated carbocycles. The average molecular weight is 534 g/mol. The molecule has 7 nitrogen and oxygen atoms in total. The standard InChI is InChI=1S/C32H39NO6/c1-28-13-12-23(35)15-21(28)10-11-24-29(2)16-22-18-33(27(38)14-20-8-6-5-7-9-20)39-32(22,26(37)19-34)30(29,3)17-25(36)31(24,28)4/h5-9,12-13,15,22,24-25,34,36H,10-11,14,16-19H2,1-4H3/t22-,24-,25-,28-,29-,30-,31+,32-/m0/s1. The topological polar surface area (TPSA) is 104 Å². The summed E-state index contributed by atoms with van der Waals surface area (Å²) in [6.07, 6.45) is 7.20. The van der Waals surface area contributed by atoms with Gasteiger partial charge in [0.2, 0.25) is 0 Å². The molecule has 0 aromatic heterocycles. The van der Waals surface area contributed by atoms with Gasteiger partial charge < -0.3 is 10.2 Å². The highest BCUT2D eigenvalue weighted by Crippen LogP contribution is 2.78. The van der Waals surface area contributed by atoms with Gasteiger partial charge in [-0.3, -0.25) is 19.2 Å². The lowest BCUT2D eigenvalue weighted by Crippen LogP contribution is -2.70. The summed E-state index contributed by atoms with van der Waals surface area (Å²) < 4.78 is 0. The zero-order valence-corrected chi connectivity index (χ0v) is 23.3. The predicted octanol–water partition coefficient (Wildman–Crippen LogP) is 3.59. The van der Waals surface area contributed by atoms with Gasteiger partial charge in [0.25, 0.3) is 5.91 Å². The summed E-state index contributed by atoms with van der Waals surface area (Å²) in [7, 11) is 0. The first-order valence-corrected chi connectivity index (χ1v) is 14.2. The molecule has 4 aliphatic carbocycles. The van der Waals surface area contributed by atoms with E-state index in [0.717, 1.165) is 24.0 Å². The van der Waals surface area contributed by atoms with Gasteiger partial charge in [-0.15, -0.1) is 0 Å². The van der Waals surface area contributed by atoms with E-state index in [1.807, 2.05) is 43.3 Å². The Bertz CT molecular complexity index is 1300. The Morgan fingerprint density at radius 2 is 1.82 bits per heavy atom. The van der Waals surface area contributed by atoms with Crippen LogP contribution in [0.3, 0.4) is 0 Å². The number of aliphatic hydroxyl groups excluding tert-OH is 2. The molecule has 208 valence electrons. The molecule has 0 radical (unpaired) electrons. The van der Waals surface area contributed by atoms with E-state index >= 15 is 0 Å². The number of amides is 1. The van der Waals surface area contributed by atoms with Gasteiger partial charge in [0, 0.05) is 22.2 Å². The normalized spacial score (nSPS) is 44.3. The average Bonchev–Trinajstić information content (AvgIpc) is 3.37. The number of fused-ring (bicyclic) bond motifs is 7. The van der Waals surface area contributed by atoms with Gasteiger partial charge in [-0.25, -0.2) is 5.06 Å². The Hall–Kier alpha value is -2.61. The zero-order valence-electron chi connectivity index (χ0n) is 23.3. The lowest BCUT2D eigenvalue weighted by molar-refractivity contribution is -0.276. The Morgan fingerprint density at radius 3 is 2.51 bits per heavy atom. The molecule has 0 bridgehead atoms. The molecular weight excluding hydrogens is 494 g/mol. The molecule has 1 aromatic rings. The number of hydrogen-bond acceptors (Lipinski definition) is 6. The van der Waals surface area contributed by atoms with Crippen LogP contribution in [-0.4, -0.2) is 57.6 Å². The van der Waals surface area contributed by atoms with Crippen LogP contribution in [0.5, 0.6) is 0 Å². The highest BCUT2D eigenvalue weighted by Gasteiger charge is 2.81. The number of aliphatic hydroxyl groups is 2. The third-order valence-corrected chi connectivity index (χ3v) is 12.2. The van der Waals surface area contributed by atoms with E-state index in [2.05, 4.69) is 20.8 Å². The number of allylic oxidation sites excluding steroid dienone is 4. The van der Waals surface area contributed by atoms with Crippen LogP contribution < -0.4 is 0 Å². The van der Waals surface area contributed by atoms with E-state index in [9.17, 15) is 24.6 Å². The lowest BCUT2D eigenvalue weighted by atomic mass is 9.36. The molecule has 5 aliphatic rings. The SMILES string of the molecule is C[C@]12[C@@H](CCC3=CC(=O)C=C[C@@]31C)[C@]1(C)C[C@H]3CN(C(=O)Cc4ccccc4)O[C@@]3(C(=O)CO)[C@@]1(C)C[C@@H]2O. The Kier molecular flexibility index (Phi) is 5.76. The highest BCUT2D eigenvalue weighted by molar-refractivity contribution is 6.01. The van der Waals surface area contributed by atoms with Crippen LogP contribution in [0, 0.1) is 33.5 Å². The van der Waals surface area contributed by atoms with E-state index < -0.39 is 45.8 Å². The molecule has 7 heteroatoms. The molecule has 0 unspecified atom stereocenters. The van der Waals surface area contributed by atoms with Crippen molar-refractivity contribution >= 4 is 17.5 Å². The van der Waals surface area contributed by atoms with E-state index in [1.54, 1.807) is 12.2 Å². The third kappa shape index (κ3) is 3.12. The molecule has 0 spiro atoms. The molecule has 6 rings (SSSR count). The molecule has 1 aliphatic heterocycles. The van der Waals surface area contributed by atoms with Crippen molar-refractivity contribution in [2.24, 2.45) is 33.5 Å². The second-order valence-electron chi connectivity index (χ2n) is 13.4. The fourth-order valence-corrected chi connectivity index (χ4v) is 9.86. The van der Waals surface area contributed by atoms with E-state index in [0.29, 0.717) is 12.8 Å². The van der Waals surface area contributed by atoms with E-state index in [4.69, 9.17) is 4.84 Å². The first-order valence-electron chi connectivity index (χ1n) is 14.2. The number of nitrogens with zero attached hydrogens (tertiary/aromatic N) is 1. The molecule has 8 atom stereocenters. The second-order valence-corrected chi connectivity index (χ2v) is 13.4. The first kappa shape index (κ1) is 26.6. The summed E-state index contributed by atoms with van der Waals surface area (Å²) in [6.45, 7) is 8.12. The summed E-state index contributed by atoms with van der Waals surface area (Å²) in [5, 5.41) is 23.6. The molecular formula is C32H39NO6. The number of hydrogen-bond donors (Lipinski definition) is 2. The maximum Gasteiger partial charge on any atom is 0.250 e. The maximum absolute atomic E-state index is 13.8. The number of carbonyl (C=O) groups excluding carboxylic acids is 3. The van der Waals surface area contributed by atoms with Crippen molar-refractivity contribution in [3.63, 3.8) is 0 Å². The fourth-order valence-electron chi connectivity index (χ4n) is 9.86. The molecule has 1 aromatic carbocycles. The monoisotopic (exact) mass is 533 g/mol. The van der Waals surface area contributed by atoms with Crippen LogP contribution in [0.1, 0.15) is 58.9 Å². The summed E-state index contributed by atoms with van der Waals surface area (Å²) in [5.74, 6) is -0.915. The number of benzene rings is 1. The van der Waals surface area contributed by atoms with Crippen LogP contribution in [0.4, 0.5) is 0 Å². The summed E-state index contributed by atoms with van der Waals surface area (Å²) >= 11 is 0. The summed E-state index contributed by atoms with van der Waals surface area (Å²) in [5.41, 5.74) is -1.75. The molecule has 4 fully saturated rings. The molecule has 1 saturated heterocycles. The van der Waals surface area contributed by atoms with Crippen molar-refractivity contribution in [3.8, 4) is 0 Å². The lowest BCUT2D eigenvalue weighted by Gasteiger charge is -2.69. The quantitative estimate of drug-likeness (QED) is 0.613. The predicted molar refractivity (Wildman–Crippen MR) is 144 cm³/mol. The number of ketones is 2. The molecule has 1 heterocycles. The minimum absolute atomic E-state index is 0.0116. The number of hydroxylamine groups is 2. The van der Waals surface area contributed by atoms with E-state index in [-0.39, 0.29) is 36.5 Å². The van der Waals surface area contributed by atoms with Crippen molar-refractivity contribution < 1.29 is 29.4 Å². The molecule has 1 amide bonds. The number of carbonyl (C=O) groups is 3. The third-order valence-electron chi connectivity index (χ3n) is 12.2. The fraction of sp³-hybridized carbons (Fsp3) is 0.594.